The van der Waals surface area contributed by atoms with Crippen molar-refractivity contribution in [2.45, 2.75) is 13.8 Å². The first-order chi connectivity index (χ1) is 19.8. The fourth-order valence-corrected chi connectivity index (χ4v) is 7.22. The van der Waals surface area contributed by atoms with Crippen molar-refractivity contribution >= 4 is 80.7 Å². The Morgan fingerprint density at radius 2 is 1.65 bits per heavy atom. The average molecular weight is 534 g/mol. The van der Waals surface area contributed by atoms with Gasteiger partial charge in [-0.2, -0.15) is 0 Å². The van der Waals surface area contributed by atoms with Crippen molar-refractivity contribution in [3.8, 4) is 5.95 Å². The number of fused-ring (bicyclic) bond motifs is 11. The third-order valence-corrected chi connectivity index (χ3v) is 8.79. The van der Waals surface area contributed by atoms with E-state index in [0.717, 1.165) is 54.9 Å². The quantitative estimate of drug-likeness (QED) is 0.213. The maximum atomic E-state index is 5.27. The fourth-order valence-electron chi connectivity index (χ4n) is 5.96. The number of hydrogen-bond donors (Lipinski definition) is 0. The number of benzene rings is 3. The molecule has 8 aromatic rings. The van der Waals surface area contributed by atoms with Gasteiger partial charge in [0, 0.05) is 50.2 Å². The van der Waals surface area contributed by atoms with Crippen LogP contribution in [-0.2, 0) is 0 Å². The summed E-state index contributed by atoms with van der Waals surface area (Å²) in [6.07, 6.45) is 12.0. The monoisotopic (exact) mass is 533 g/mol. The number of rotatable bonds is 3. The van der Waals surface area contributed by atoms with Gasteiger partial charge >= 0.3 is 0 Å². The molecule has 0 saturated carbocycles. The van der Waals surface area contributed by atoms with Crippen LogP contribution in [-0.4, -0.2) is 24.5 Å². The molecule has 40 heavy (non-hydrogen) atoms. The Hall–Kier alpha value is -4.94. The van der Waals surface area contributed by atoms with Gasteiger partial charge in [0.1, 0.15) is 0 Å². The summed E-state index contributed by atoms with van der Waals surface area (Å²) >= 11 is 1.80. The van der Waals surface area contributed by atoms with E-state index in [4.69, 9.17) is 15.0 Å². The minimum Gasteiger partial charge on any atom is -0.275 e. The van der Waals surface area contributed by atoms with E-state index >= 15 is 0 Å². The first-order valence-electron chi connectivity index (χ1n) is 13.3. The molecule has 0 atom stereocenters. The van der Waals surface area contributed by atoms with Gasteiger partial charge in [-0.05, 0) is 55.1 Å². The number of para-hydroxylation sites is 1. The molecule has 0 saturated heterocycles. The van der Waals surface area contributed by atoms with Crippen molar-refractivity contribution < 1.29 is 0 Å². The zero-order valence-corrected chi connectivity index (χ0v) is 22.8. The van der Waals surface area contributed by atoms with Gasteiger partial charge in [0.25, 0.3) is 0 Å². The van der Waals surface area contributed by atoms with Gasteiger partial charge in [-0.15, -0.1) is 11.3 Å². The van der Waals surface area contributed by atoms with Crippen LogP contribution in [0, 0.1) is 0 Å². The Bertz CT molecular complexity index is 2360. The van der Waals surface area contributed by atoms with E-state index < -0.39 is 0 Å². The molecule has 0 aliphatic rings. The Kier molecular flexibility index (Phi) is 5.06. The molecule has 0 amide bonds. The molecule has 5 aromatic heterocycles. The molecule has 0 N–H and O–H groups in total. The van der Waals surface area contributed by atoms with Crippen molar-refractivity contribution in [1.82, 2.24) is 24.5 Å². The number of thiophene rings is 1. The second-order valence-corrected chi connectivity index (χ2v) is 10.8. The highest BCUT2D eigenvalue weighted by atomic mass is 32.1. The van der Waals surface area contributed by atoms with Gasteiger partial charge < -0.3 is 0 Å². The van der Waals surface area contributed by atoms with Gasteiger partial charge in [0.05, 0.1) is 32.5 Å². The van der Waals surface area contributed by atoms with E-state index in [9.17, 15) is 0 Å². The number of nitrogens with zero attached hydrogens (tertiary/aromatic N) is 5. The van der Waals surface area contributed by atoms with E-state index in [1.165, 1.54) is 20.2 Å². The summed E-state index contributed by atoms with van der Waals surface area (Å²) in [5.74, 6) is 0.637. The van der Waals surface area contributed by atoms with Gasteiger partial charge in [-0.25, -0.2) is 9.97 Å². The van der Waals surface area contributed by atoms with E-state index in [2.05, 4.69) is 83.2 Å². The van der Waals surface area contributed by atoms with Crippen LogP contribution in [0.5, 0.6) is 0 Å². The third kappa shape index (κ3) is 3.14. The fraction of sp³-hybridized carbons (Fsp3) is 0.0588. The molecule has 190 valence electrons. The molecule has 6 heteroatoms. The van der Waals surface area contributed by atoms with Crippen LogP contribution in [0.4, 0.5) is 0 Å². The molecule has 0 radical (unpaired) electrons. The summed E-state index contributed by atoms with van der Waals surface area (Å²) < 4.78 is 4.64. The predicted octanol–water partition coefficient (Wildman–Crippen LogP) is 9.02. The molecule has 5 nitrogen and oxygen atoms in total. The normalized spacial score (nSPS) is 12.8. The summed E-state index contributed by atoms with van der Waals surface area (Å²) in [6, 6.07) is 23.1. The van der Waals surface area contributed by atoms with Gasteiger partial charge in [0.2, 0.25) is 5.95 Å². The molecule has 0 spiro atoms. The maximum Gasteiger partial charge on any atom is 0.235 e. The van der Waals surface area contributed by atoms with Gasteiger partial charge in [-0.3, -0.25) is 14.5 Å². The Balaban J connectivity index is 1.64. The minimum atomic E-state index is 0.637. The molecule has 0 fully saturated rings. The van der Waals surface area contributed by atoms with Crippen LogP contribution in [0.25, 0.3) is 75.3 Å². The van der Waals surface area contributed by atoms with Crippen LogP contribution >= 0.6 is 11.3 Å². The Morgan fingerprint density at radius 3 is 2.52 bits per heavy atom. The van der Waals surface area contributed by atoms with Gasteiger partial charge in [-0.1, -0.05) is 54.6 Å². The van der Waals surface area contributed by atoms with Crippen molar-refractivity contribution in [3.05, 3.63) is 109 Å². The molecule has 0 aliphatic carbocycles. The van der Waals surface area contributed by atoms with Crippen molar-refractivity contribution in [2.75, 3.05) is 0 Å². The molecule has 3 aromatic carbocycles. The highest BCUT2D eigenvalue weighted by Crippen LogP contribution is 2.47. The maximum absolute atomic E-state index is 5.27. The second kappa shape index (κ2) is 8.79. The van der Waals surface area contributed by atoms with Crippen LogP contribution < -0.4 is 0 Å². The lowest BCUT2D eigenvalue weighted by atomic mass is 10.0. The zero-order chi connectivity index (χ0) is 26.8. The summed E-state index contributed by atoms with van der Waals surface area (Å²) in [5.41, 5.74) is 5.88. The highest BCUT2D eigenvalue weighted by molar-refractivity contribution is 7.27. The van der Waals surface area contributed by atoms with Gasteiger partial charge in [0.15, 0.2) is 0 Å². The van der Waals surface area contributed by atoms with Crippen LogP contribution in [0.3, 0.4) is 0 Å². The first kappa shape index (κ1) is 23.0. The van der Waals surface area contributed by atoms with E-state index in [0.29, 0.717) is 5.95 Å². The molecular weight excluding hydrogens is 510 g/mol. The number of aromatic nitrogens is 5. The standard InChI is InChI=1S/C34H23N5S/c1-3-10-20(4-2)30-22-11-5-7-13-25(22)37-34(38-30)39-26-14-9-17-36-31(26)29-21-16-18-35-19-24(21)28-23-12-6-8-15-27(23)40-33(28)32(29)39/h3-19H,1-2H3/b10-3-,20-4+. The number of hydrogen-bond acceptors (Lipinski definition) is 5. The zero-order valence-electron chi connectivity index (χ0n) is 22.0. The van der Waals surface area contributed by atoms with E-state index in [1.54, 1.807) is 11.3 Å². The minimum absolute atomic E-state index is 0.637. The predicted molar refractivity (Wildman–Crippen MR) is 168 cm³/mol. The lowest BCUT2D eigenvalue weighted by Crippen LogP contribution is -2.05. The van der Waals surface area contributed by atoms with E-state index in [-0.39, 0.29) is 0 Å². The Morgan fingerprint density at radius 1 is 0.800 bits per heavy atom. The lowest BCUT2D eigenvalue weighted by Gasteiger charge is -2.12. The van der Waals surface area contributed by atoms with Crippen molar-refractivity contribution in [1.29, 1.82) is 0 Å². The number of pyridine rings is 2. The van der Waals surface area contributed by atoms with Crippen LogP contribution in [0.15, 0.2) is 104 Å². The summed E-state index contributed by atoms with van der Waals surface area (Å²) in [5, 5.41) is 6.84. The summed E-state index contributed by atoms with van der Waals surface area (Å²) in [7, 11) is 0. The van der Waals surface area contributed by atoms with Crippen molar-refractivity contribution in [3.63, 3.8) is 0 Å². The smallest absolute Gasteiger partial charge is 0.235 e. The first-order valence-corrected chi connectivity index (χ1v) is 14.1. The molecule has 0 aliphatic heterocycles. The van der Waals surface area contributed by atoms with Crippen LogP contribution in [0.2, 0.25) is 0 Å². The third-order valence-electron chi connectivity index (χ3n) is 7.62. The van der Waals surface area contributed by atoms with Crippen molar-refractivity contribution in [2.24, 2.45) is 0 Å². The number of allylic oxidation sites excluding steroid dienone is 4. The molecule has 0 bridgehead atoms. The molecular formula is C34H23N5S. The van der Waals surface area contributed by atoms with E-state index in [1.807, 2.05) is 43.7 Å². The Labute approximate surface area is 233 Å². The summed E-state index contributed by atoms with van der Waals surface area (Å²) in [4.78, 5) is 19.9. The molecule has 5 heterocycles. The molecule has 0 unspecified atom stereocenters. The topological polar surface area (TPSA) is 56.5 Å². The largest absolute Gasteiger partial charge is 0.275 e. The lowest BCUT2D eigenvalue weighted by molar-refractivity contribution is 1.00. The van der Waals surface area contributed by atoms with Crippen LogP contribution in [0.1, 0.15) is 19.5 Å². The second-order valence-electron chi connectivity index (χ2n) is 9.79. The SMILES string of the molecule is C/C=C\C(=C/C)c1nc(-n2c3cccnc3c3c4ccncc4c4c5ccccc5sc4c32)nc2ccccc12. The molecule has 8 rings (SSSR count). The average Bonchev–Trinajstić information content (AvgIpc) is 3.56. The summed E-state index contributed by atoms with van der Waals surface area (Å²) in [6.45, 7) is 4.09. The highest BCUT2D eigenvalue weighted by Gasteiger charge is 2.24.